The average molecular weight is 424 g/mol. The maximum Gasteiger partial charge on any atom is 0.223 e. The molecule has 32 heavy (non-hydrogen) atoms. The van der Waals surface area contributed by atoms with Crippen LogP contribution < -0.4 is 10.2 Å². The average Bonchev–Trinajstić information content (AvgIpc) is 3.22. The SMILES string of the molecule is Cc1cc(N2CCC(C(=O)NCc3ccccc3)CC2)n2c(nc3ccccc32)c1C#N. The van der Waals surface area contributed by atoms with E-state index in [-0.39, 0.29) is 11.8 Å². The number of para-hydroxylation sites is 2. The molecule has 6 heteroatoms. The Morgan fingerprint density at radius 1 is 1.12 bits per heavy atom. The van der Waals surface area contributed by atoms with Crippen LogP contribution in [-0.2, 0) is 11.3 Å². The van der Waals surface area contributed by atoms with Gasteiger partial charge in [0.05, 0.1) is 16.6 Å². The zero-order valence-corrected chi connectivity index (χ0v) is 18.1. The number of pyridine rings is 1. The van der Waals surface area contributed by atoms with Crippen molar-refractivity contribution in [2.24, 2.45) is 5.92 Å². The van der Waals surface area contributed by atoms with Crippen molar-refractivity contribution in [2.45, 2.75) is 26.3 Å². The molecule has 1 saturated heterocycles. The first kappa shape index (κ1) is 20.1. The molecule has 1 amide bonds. The van der Waals surface area contributed by atoms with Gasteiger partial charge in [0, 0.05) is 25.6 Å². The Bertz CT molecular complexity index is 1330. The number of carbonyl (C=O) groups excluding carboxylic acids is 1. The lowest BCUT2D eigenvalue weighted by Gasteiger charge is -2.33. The Labute approximate surface area is 187 Å². The van der Waals surface area contributed by atoms with Crippen molar-refractivity contribution in [3.05, 3.63) is 77.4 Å². The number of nitrogens with one attached hydrogen (secondary N) is 1. The van der Waals surface area contributed by atoms with Crippen molar-refractivity contribution in [1.29, 1.82) is 5.26 Å². The molecular weight excluding hydrogens is 398 g/mol. The molecule has 0 spiro atoms. The van der Waals surface area contributed by atoms with Crippen LogP contribution in [0.4, 0.5) is 5.82 Å². The fraction of sp³-hybridized carbons (Fsp3) is 0.269. The molecular formula is C26H25N5O. The number of aromatic nitrogens is 2. The van der Waals surface area contributed by atoms with Crippen molar-refractivity contribution in [2.75, 3.05) is 18.0 Å². The maximum absolute atomic E-state index is 12.7. The van der Waals surface area contributed by atoms with Crippen molar-refractivity contribution in [1.82, 2.24) is 14.7 Å². The van der Waals surface area contributed by atoms with E-state index >= 15 is 0 Å². The van der Waals surface area contributed by atoms with Crippen molar-refractivity contribution in [3.8, 4) is 6.07 Å². The molecule has 0 aliphatic carbocycles. The van der Waals surface area contributed by atoms with E-state index in [4.69, 9.17) is 4.98 Å². The van der Waals surface area contributed by atoms with E-state index in [1.165, 1.54) is 0 Å². The number of rotatable bonds is 4. The normalized spacial score (nSPS) is 14.6. The Balaban J connectivity index is 1.37. The highest BCUT2D eigenvalue weighted by Gasteiger charge is 2.27. The second-order valence-corrected chi connectivity index (χ2v) is 8.40. The van der Waals surface area contributed by atoms with Crippen LogP contribution in [-0.4, -0.2) is 28.4 Å². The van der Waals surface area contributed by atoms with Gasteiger partial charge < -0.3 is 10.2 Å². The Morgan fingerprint density at radius 2 is 1.84 bits per heavy atom. The number of fused-ring (bicyclic) bond motifs is 3. The molecule has 1 N–H and O–H groups in total. The van der Waals surface area contributed by atoms with Crippen molar-refractivity contribution < 1.29 is 4.79 Å². The van der Waals surface area contributed by atoms with Gasteiger partial charge in [-0.25, -0.2) is 4.98 Å². The number of piperidine rings is 1. The lowest BCUT2D eigenvalue weighted by atomic mass is 9.95. The highest BCUT2D eigenvalue weighted by atomic mass is 16.1. The third kappa shape index (κ3) is 3.56. The van der Waals surface area contributed by atoms with Crippen LogP contribution >= 0.6 is 0 Å². The first-order valence-electron chi connectivity index (χ1n) is 11.0. The second kappa shape index (κ2) is 8.35. The largest absolute Gasteiger partial charge is 0.358 e. The first-order valence-corrected chi connectivity index (χ1v) is 11.0. The summed E-state index contributed by atoms with van der Waals surface area (Å²) in [5.74, 6) is 1.18. The van der Waals surface area contributed by atoms with E-state index in [1.54, 1.807) is 0 Å². The van der Waals surface area contributed by atoms with Crippen LogP contribution in [0.1, 0.15) is 29.5 Å². The maximum atomic E-state index is 12.7. The summed E-state index contributed by atoms with van der Waals surface area (Å²) < 4.78 is 2.09. The van der Waals surface area contributed by atoms with E-state index in [0.717, 1.165) is 53.9 Å². The van der Waals surface area contributed by atoms with Gasteiger partial charge >= 0.3 is 0 Å². The quantitative estimate of drug-likeness (QED) is 0.534. The van der Waals surface area contributed by atoms with Crippen LogP contribution in [0.3, 0.4) is 0 Å². The van der Waals surface area contributed by atoms with Gasteiger partial charge in [0.15, 0.2) is 5.65 Å². The third-order valence-electron chi connectivity index (χ3n) is 6.36. The molecule has 1 fully saturated rings. The number of hydrogen-bond donors (Lipinski definition) is 1. The number of imidazole rings is 1. The van der Waals surface area contributed by atoms with Crippen LogP contribution in [0.25, 0.3) is 16.7 Å². The van der Waals surface area contributed by atoms with Gasteiger partial charge in [0.1, 0.15) is 11.9 Å². The lowest BCUT2D eigenvalue weighted by Crippen LogP contribution is -2.41. The number of hydrogen-bond acceptors (Lipinski definition) is 4. The van der Waals surface area contributed by atoms with E-state index in [2.05, 4.69) is 26.8 Å². The van der Waals surface area contributed by atoms with Gasteiger partial charge in [0.25, 0.3) is 0 Å². The summed E-state index contributed by atoms with van der Waals surface area (Å²) in [6.07, 6.45) is 1.60. The van der Waals surface area contributed by atoms with Crippen LogP contribution in [0.2, 0.25) is 0 Å². The fourth-order valence-corrected chi connectivity index (χ4v) is 4.60. The number of carbonyl (C=O) groups is 1. The third-order valence-corrected chi connectivity index (χ3v) is 6.36. The molecule has 2 aromatic carbocycles. The lowest BCUT2D eigenvalue weighted by molar-refractivity contribution is -0.125. The Morgan fingerprint density at radius 3 is 2.59 bits per heavy atom. The Hall–Kier alpha value is -3.85. The number of nitriles is 1. The van der Waals surface area contributed by atoms with Crippen molar-refractivity contribution in [3.63, 3.8) is 0 Å². The molecule has 1 aliphatic rings. The monoisotopic (exact) mass is 423 g/mol. The highest BCUT2D eigenvalue weighted by molar-refractivity contribution is 5.85. The molecule has 0 bridgehead atoms. The smallest absolute Gasteiger partial charge is 0.223 e. The highest BCUT2D eigenvalue weighted by Crippen LogP contribution is 2.31. The Kier molecular flexibility index (Phi) is 5.24. The molecule has 0 saturated carbocycles. The zero-order chi connectivity index (χ0) is 22.1. The molecule has 0 atom stereocenters. The van der Waals surface area contributed by atoms with Crippen LogP contribution in [0.15, 0.2) is 60.7 Å². The standard InChI is InChI=1S/C26H25N5O/c1-18-15-24(31-23-10-6-5-9-22(23)29-25(31)21(18)16-27)30-13-11-20(12-14-30)26(32)28-17-19-7-3-2-4-8-19/h2-10,15,20H,11-14,17H2,1H3,(H,28,32). The number of aryl methyl sites for hydroxylation is 1. The molecule has 160 valence electrons. The van der Waals surface area contributed by atoms with E-state index in [0.29, 0.717) is 17.8 Å². The number of anilines is 1. The van der Waals surface area contributed by atoms with Crippen LogP contribution in [0, 0.1) is 24.2 Å². The van der Waals surface area contributed by atoms with Gasteiger partial charge in [-0.2, -0.15) is 5.26 Å². The number of amides is 1. The summed E-state index contributed by atoms with van der Waals surface area (Å²) in [5, 5.41) is 12.8. The van der Waals surface area contributed by atoms with Gasteiger partial charge in [-0.1, -0.05) is 42.5 Å². The number of nitrogens with zero attached hydrogens (tertiary/aromatic N) is 4. The summed E-state index contributed by atoms with van der Waals surface area (Å²) in [4.78, 5) is 19.8. The first-order chi connectivity index (χ1) is 15.7. The molecule has 2 aromatic heterocycles. The summed E-state index contributed by atoms with van der Waals surface area (Å²) in [6.45, 7) is 4.11. The minimum atomic E-state index is 0.0180. The molecule has 4 aromatic rings. The molecule has 1 aliphatic heterocycles. The predicted molar refractivity (Wildman–Crippen MR) is 125 cm³/mol. The van der Waals surface area contributed by atoms with E-state index < -0.39 is 0 Å². The summed E-state index contributed by atoms with van der Waals surface area (Å²) in [5.41, 5.74) is 5.23. The minimum absolute atomic E-state index is 0.0180. The topological polar surface area (TPSA) is 73.4 Å². The minimum Gasteiger partial charge on any atom is -0.358 e. The molecule has 5 rings (SSSR count). The fourth-order valence-electron chi connectivity index (χ4n) is 4.60. The molecule has 0 radical (unpaired) electrons. The van der Waals surface area contributed by atoms with Gasteiger partial charge in [-0.05, 0) is 49.1 Å². The summed E-state index contributed by atoms with van der Waals surface area (Å²) in [7, 11) is 0. The second-order valence-electron chi connectivity index (χ2n) is 8.40. The van der Waals surface area contributed by atoms with Crippen molar-refractivity contribution >= 4 is 28.4 Å². The van der Waals surface area contributed by atoms with Gasteiger partial charge in [-0.3, -0.25) is 9.20 Å². The predicted octanol–water partition coefficient (Wildman–Crippen LogP) is 4.20. The molecule has 0 unspecified atom stereocenters. The molecule has 6 nitrogen and oxygen atoms in total. The van der Waals surface area contributed by atoms with Gasteiger partial charge in [-0.15, -0.1) is 0 Å². The van der Waals surface area contributed by atoms with Crippen LogP contribution in [0.5, 0.6) is 0 Å². The van der Waals surface area contributed by atoms with Gasteiger partial charge in [0.2, 0.25) is 5.91 Å². The summed E-state index contributed by atoms with van der Waals surface area (Å²) in [6, 6.07) is 22.4. The van der Waals surface area contributed by atoms with E-state index in [1.807, 2.05) is 61.5 Å². The molecule has 3 heterocycles. The summed E-state index contributed by atoms with van der Waals surface area (Å²) >= 11 is 0. The number of benzene rings is 2. The zero-order valence-electron chi connectivity index (χ0n) is 18.1. The van der Waals surface area contributed by atoms with E-state index in [9.17, 15) is 10.1 Å².